The summed E-state index contributed by atoms with van der Waals surface area (Å²) in [5.41, 5.74) is 2.25. The molecule has 0 aliphatic heterocycles. The molecule has 6 heteroatoms. The second kappa shape index (κ2) is 11.5. The Kier molecular flexibility index (Phi) is 7.76. The highest BCUT2D eigenvalue weighted by molar-refractivity contribution is 6.02. The third kappa shape index (κ3) is 6.06. The number of carbonyl (C=O) groups excluding carboxylic acids is 2. The van der Waals surface area contributed by atoms with Gasteiger partial charge in [-0.2, -0.15) is 0 Å². The number of amides is 1. The van der Waals surface area contributed by atoms with Gasteiger partial charge in [0.05, 0.1) is 18.4 Å². The van der Waals surface area contributed by atoms with Crippen molar-refractivity contribution in [1.29, 1.82) is 0 Å². The number of benzene rings is 4. The van der Waals surface area contributed by atoms with Gasteiger partial charge in [0.2, 0.25) is 6.10 Å². The highest BCUT2D eigenvalue weighted by Gasteiger charge is 2.25. The van der Waals surface area contributed by atoms with Crippen molar-refractivity contribution in [2.24, 2.45) is 0 Å². The Morgan fingerprint density at radius 3 is 2.06 bits per heavy atom. The van der Waals surface area contributed by atoms with Crippen molar-refractivity contribution in [3.8, 4) is 11.5 Å². The van der Waals surface area contributed by atoms with Crippen LogP contribution >= 0.6 is 0 Å². The molecule has 0 aliphatic rings. The van der Waals surface area contributed by atoms with Crippen LogP contribution < -0.4 is 14.8 Å². The van der Waals surface area contributed by atoms with Gasteiger partial charge in [-0.05, 0) is 29.8 Å². The molecule has 1 unspecified atom stereocenters. The first kappa shape index (κ1) is 23.6. The summed E-state index contributed by atoms with van der Waals surface area (Å²) >= 11 is 0. The average Bonchev–Trinajstić information content (AvgIpc) is 2.92. The van der Waals surface area contributed by atoms with Crippen LogP contribution in [0.3, 0.4) is 0 Å². The molecular formula is C29H25NO5. The van der Waals surface area contributed by atoms with E-state index in [1.165, 1.54) is 7.11 Å². The molecule has 0 bridgehead atoms. The molecule has 0 aromatic heterocycles. The molecule has 35 heavy (non-hydrogen) atoms. The van der Waals surface area contributed by atoms with Gasteiger partial charge in [0, 0.05) is 5.56 Å². The topological polar surface area (TPSA) is 73.9 Å². The minimum absolute atomic E-state index is 0.252. The summed E-state index contributed by atoms with van der Waals surface area (Å²) in [5.74, 6) is -0.0446. The fourth-order valence-corrected chi connectivity index (χ4v) is 3.51. The predicted octanol–water partition coefficient (Wildman–Crippen LogP) is 5.81. The number of rotatable bonds is 9. The van der Waals surface area contributed by atoms with Gasteiger partial charge in [0.25, 0.3) is 5.91 Å². The summed E-state index contributed by atoms with van der Waals surface area (Å²) in [6.07, 6.45) is -0.997. The van der Waals surface area contributed by atoms with Crippen molar-refractivity contribution < 1.29 is 23.8 Å². The van der Waals surface area contributed by atoms with E-state index in [0.29, 0.717) is 29.4 Å². The summed E-state index contributed by atoms with van der Waals surface area (Å²) in [4.78, 5) is 25.6. The number of methoxy groups -OCH3 is 1. The molecule has 0 saturated heterocycles. The number of nitrogens with one attached hydrogen (secondary N) is 1. The van der Waals surface area contributed by atoms with E-state index in [-0.39, 0.29) is 5.56 Å². The van der Waals surface area contributed by atoms with E-state index in [0.717, 1.165) is 5.56 Å². The maximum atomic E-state index is 13.4. The normalized spacial score (nSPS) is 11.2. The molecule has 0 radical (unpaired) electrons. The third-order valence-corrected chi connectivity index (χ3v) is 5.26. The largest absolute Gasteiger partial charge is 0.485 e. The standard InChI is InChI=1S/C29H25NO5/c1-33-29(32)23-16-8-9-17-24(23)30-28(31)27(22-14-6-3-7-15-22)35-26-19-11-10-18-25(26)34-20-21-12-4-2-5-13-21/h2-19,27H,20H2,1H3,(H,30,31). The first-order chi connectivity index (χ1) is 17.2. The van der Waals surface area contributed by atoms with Gasteiger partial charge >= 0.3 is 5.97 Å². The molecule has 0 fully saturated rings. The number of para-hydroxylation sites is 3. The quantitative estimate of drug-likeness (QED) is 0.315. The lowest BCUT2D eigenvalue weighted by Crippen LogP contribution is -2.26. The first-order valence-electron chi connectivity index (χ1n) is 11.1. The monoisotopic (exact) mass is 467 g/mol. The Morgan fingerprint density at radius 1 is 0.743 bits per heavy atom. The van der Waals surface area contributed by atoms with Crippen molar-refractivity contribution in [3.05, 3.63) is 126 Å². The lowest BCUT2D eigenvalue weighted by atomic mass is 10.1. The summed E-state index contributed by atoms with van der Waals surface area (Å²) in [6.45, 7) is 0.357. The predicted molar refractivity (Wildman–Crippen MR) is 133 cm³/mol. The Hall–Kier alpha value is -4.58. The second-order valence-corrected chi connectivity index (χ2v) is 7.66. The van der Waals surface area contributed by atoms with Crippen LogP contribution in [0.5, 0.6) is 11.5 Å². The number of anilines is 1. The van der Waals surface area contributed by atoms with Crippen molar-refractivity contribution in [3.63, 3.8) is 0 Å². The Labute approximate surface area is 204 Å². The molecule has 1 N–H and O–H groups in total. The number of hydrogen-bond acceptors (Lipinski definition) is 5. The molecule has 0 aliphatic carbocycles. The lowest BCUT2D eigenvalue weighted by molar-refractivity contribution is -0.123. The highest BCUT2D eigenvalue weighted by Crippen LogP contribution is 2.32. The van der Waals surface area contributed by atoms with Gasteiger partial charge in [-0.15, -0.1) is 0 Å². The number of ether oxygens (including phenoxy) is 3. The van der Waals surface area contributed by atoms with E-state index < -0.39 is 18.0 Å². The molecule has 1 amide bonds. The number of carbonyl (C=O) groups is 2. The van der Waals surface area contributed by atoms with Crippen LogP contribution in [0.4, 0.5) is 5.69 Å². The zero-order valence-electron chi connectivity index (χ0n) is 19.2. The van der Waals surface area contributed by atoms with E-state index in [2.05, 4.69) is 5.32 Å². The van der Waals surface area contributed by atoms with Crippen molar-refractivity contribution in [2.45, 2.75) is 12.7 Å². The van der Waals surface area contributed by atoms with Crippen molar-refractivity contribution in [1.82, 2.24) is 0 Å². The Bertz CT molecular complexity index is 1270. The van der Waals surface area contributed by atoms with Gasteiger partial charge in [-0.3, -0.25) is 4.79 Å². The fraction of sp³-hybridized carbons (Fsp3) is 0.103. The van der Waals surface area contributed by atoms with Gasteiger partial charge in [0.1, 0.15) is 6.61 Å². The van der Waals surface area contributed by atoms with Crippen LogP contribution in [0, 0.1) is 0 Å². The van der Waals surface area contributed by atoms with E-state index in [9.17, 15) is 9.59 Å². The maximum Gasteiger partial charge on any atom is 0.339 e. The zero-order chi connectivity index (χ0) is 24.5. The smallest absolute Gasteiger partial charge is 0.339 e. The highest BCUT2D eigenvalue weighted by atomic mass is 16.5. The zero-order valence-corrected chi connectivity index (χ0v) is 19.2. The van der Waals surface area contributed by atoms with Crippen LogP contribution in [0.15, 0.2) is 109 Å². The molecule has 4 rings (SSSR count). The van der Waals surface area contributed by atoms with Crippen molar-refractivity contribution in [2.75, 3.05) is 12.4 Å². The van der Waals surface area contributed by atoms with Crippen LogP contribution in [-0.4, -0.2) is 19.0 Å². The SMILES string of the molecule is COC(=O)c1ccccc1NC(=O)C(Oc1ccccc1OCc1ccccc1)c1ccccc1. The summed E-state index contributed by atoms with van der Waals surface area (Å²) < 4.78 is 17.1. The van der Waals surface area contributed by atoms with Crippen LogP contribution in [-0.2, 0) is 16.1 Å². The summed E-state index contributed by atoms with van der Waals surface area (Å²) in [7, 11) is 1.29. The van der Waals surface area contributed by atoms with Crippen molar-refractivity contribution >= 4 is 17.6 Å². The Morgan fingerprint density at radius 2 is 1.34 bits per heavy atom. The summed E-state index contributed by atoms with van der Waals surface area (Å²) in [5, 5.41) is 2.82. The summed E-state index contributed by atoms with van der Waals surface area (Å²) in [6, 6.07) is 32.8. The lowest BCUT2D eigenvalue weighted by Gasteiger charge is -2.21. The number of esters is 1. The molecule has 6 nitrogen and oxygen atoms in total. The van der Waals surface area contributed by atoms with Gasteiger partial charge in [-0.1, -0.05) is 84.9 Å². The minimum atomic E-state index is -0.997. The maximum absolute atomic E-state index is 13.4. The van der Waals surface area contributed by atoms with Crippen LogP contribution in [0.2, 0.25) is 0 Å². The van der Waals surface area contributed by atoms with Gasteiger partial charge < -0.3 is 19.5 Å². The molecule has 1 atom stereocenters. The molecule has 4 aromatic carbocycles. The first-order valence-corrected chi connectivity index (χ1v) is 11.1. The average molecular weight is 468 g/mol. The molecule has 4 aromatic rings. The molecule has 176 valence electrons. The minimum Gasteiger partial charge on any atom is -0.485 e. The molecule has 0 heterocycles. The molecular weight excluding hydrogens is 442 g/mol. The van der Waals surface area contributed by atoms with E-state index in [1.54, 1.807) is 36.4 Å². The van der Waals surface area contributed by atoms with Crippen LogP contribution in [0.1, 0.15) is 27.6 Å². The van der Waals surface area contributed by atoms with E-state index >= 15 is 0 Å². The third-order valence-electron chi connectivity index (χ3n) is 5.26. The molecule has 0 spiro atoms. The van der Waals surface area contributed by atoms with Gasteiger partial charge in [0.15, 0.2) is 11.5 Å². The van der Waals surface area contributed by atoms with Gasteiger partial charge in [-0.25, -0.2) is 4.79 Å². The molecule has 0 saturated carbocycles. The fourth-order valence-electron chi connectivity index (χ4n) is 3.51. The number of hydrogen-bond donors (Lipinski definition) is 1. The van der Waals surface area contributed by atoms with E-state index in [1.807, 2.05) is 72.8 Å². The van der Waals surface area contributed by atoms with Crippen LogP contribution in [0.25, 0.3) is 0 Å². The second-order valence-electron chi connectivity index (χ2n) is 7.66. The Balaban J connectivity index is 1.60. The van der Waals surface area contributed by atoms with E-state index in [4.69, 9.17) is 14.2 Å².